The summed E-state index contributed by atoms with van der Waals surface area (Å²) < 4.78 is 0. The second kappa shape index (κ2) is 9.94. The lowest BCUT2D eigenvalue weighted by Gasteiger charge is -2.61. The van der Waals surface area contributed by atoms with Gasteiger partial charge in [-0.3, -0.25) is 0 Å². The Bertz CT molecular complexity index is 587. The average Bonchev–Trinajstić information content (AvgIpc) is 3.05. The van der Waals surface area contributed by atoms with Crippen LogP contribution in [0.1, 0.15) is 118 Å². The minimum atomic E-state index is 0.677. The molecule has 172 valence electrons. The van der Waals surface area contributed by atoms with Gasteiger partial charge in [0.2, 0.25) is 0 Å². The first-order valence-electron chi connectivity index (χ1n) is 13.4. The summed E-state index contributed by atoms with van der Waals surface area (Å²) in [5.74, 6) is 8.40. The van der Waals surface area contributed by atoms with Crippen molar-refractivity contribution in [2.45, 2.75) is 118 Å². The van der Waals surface area contributed by atoms with E-state index in [2.05, 4.69) is 41.2 Å². The van der Waals surface area contributed by atoms with E-state index < -0.39 is 0 Å². The first-order chi connectivity index (χ1) is 14.3. The van der Waals surface area contributed by atoms with Crippen molar-refractivity contribution >= 4 is 5.94 Å². The van der Waals surface area contributed by atoms with Crippen molar-refractivity contribution in [3.05, 3.63) is 6.58 Å². The monoisotopic (exact) mass is 414 g/mol. The predicted molar refractivity (Wildman–Crippen MR) is 129 cm³/mol. The molecule has 0 radical (unpaired) electrons. The van der Waals surface area contributed by atoms with Gasteiger partial charge >= 0.3 is 0 Å². The Balaban J connectivity index is 0.000000806. The fraction of sp³-hybridized carbons (Fsp3) is 0.931. The molecule has 30 heavy (non-hydrogen) atoms. The summed E-state index contributed by atoms with van der Waals surface area (Å²) in [6.07, 6.45) is 19.9. The maximum atomic E-state index is 8.57. The van der Waals surface area contributed by atoms with Gasteiger partial charge in [0, 0.05) is 0 Å². The highest BCUT2D eigenvalue weighted by Crippen LogP contribution is 2.68. The van der Waals surface area contributed by atoms with E-state index in [0.717, 1.165) is 41.4 Å². The molecule has 4 rings (SSSR count). The standard InChI is InChI=1S/C27H48.C2H2O/c1-19(2)9-8-10-20(3)23-14-15-24-22-13-12-21-11-6-7-17-26(21,4)25(22)16-18-27(23,24)5;1-2-3/h19-25H,6-18H2,1-5H3;1H2/t20?,21?,22-,23+,24-,25-,26-,27+;/m0./s1. The number of hydrogen-bond acceptors (Lipinski definition) is 1. The highest BCUT2D eigenvalue weighted by atomic mass is 16.1. The van der Waals surface area contributed by atoms with E-state index in [1.807, 2.05) is 0 Å². The van der Waals surface area contributed by atoms with E-state index >= 15 is 0 Å². The third-order valence-corrected chi connectivity index (χ3v) is 10.8. The zero-order valence-corrected chi connectivity index (χ0v) is 20.8. The summed E-state index contributed by atoms with van der Waals surface area (Å²) in [7, 11) is 0. The second-order valence-corrected chi connectivity index (χ2v) is 12.6. The molecule has 0 aromatic heterocycles. The first kappa shape index (κ1) is 24.1. The molecular formula is C29H50O. The van der Waals surface area contributed by atoms with E-state index in [1.54, 1.807) is 51.4 Å². The smallest absolute Gasteiger partial charge is 0.116 e. The third kappa shape index (κ3) is 4.48. The van der Waals surface area contributed by atoms with Crippen molar-refractivity contribution in [2.75, 3.05) is 0 Å². The van der Waals surface area contributed by atoms with Gasteiger partial charge in [0.05, 0.1) is 0 Å². The molecule has 0 N–H and O–H groups in total. The van der Waals surface area contributed by atoms with Crippen LogP contribution in [0.2, 0.25) is 0 Å². The molecule has 4 aliphatic carbocycles. The van der Waals surface area contributed by atoms with Crippen LogP contribution in [0.25, 0.3) is 0 Å². The molecular weight excluding hydrogens is 364 g/mol. The van der Waals surface area contributed by atoms with Gasteiger partial charge in [-0.05, 0) is 110 Å². The van der Waals surface area contributed by atoms with E-state index in [4.69, 9.17) is 4.79 Å². The van der Waals surface area contributed by atoms with Crippen molar-refractivity contribution in [3.8, 4) is 0 Å². The maximum Gasteiger partial charge on any atom is 0.116 e. The van der Waals surface area contributed by atoms with Crippen LogP contribution in [0.15, 0.2) is 6.58 Å². The third-order valence-electron chi connectivity index (χ3n) is 10.8. The molecule has 2 unspecified atom stereocenters. The van der Waals surface area contributed by atoms with Crippen LogP contribution in [0.4, 0.5) is 0 Å². The topological polar surface area (TPSA) is 17.1 Å². The van der Waals surface area contributed by atoms with E-state index in [9.17, 15) is 0 Å². The number of fused-ring (bicyclic) bond motifs is 5. The van der Waals surface area contributed by atoms with Gasteiger partial charge in [0.1, 0.15) is 5.94 Å². The Morgan fingerprint density at radius 1 is 0.867 bits per heavy atom. The molecule has 1 heteroatoms. The Hall–Kier alpha value is -0.550. The van der Waals surface area contributed by atoms with Gasteiger partial charge in [-0.2, -0.15) is 0 Å². The van der Waals surface area contributed by atoms with Crippen LogP contribution in [-0.4, -0.2) is 5.94 Å². The van der Waals surface area contributed by atoms with Gasteiger partial charge < -0.3 is 0 Å². The molecule has 4 fully saturated rings. The fourth-order valence-corrected chi connectivity index (χ4v) is 9.32. The van der Waals surface area contributed by atoms with Gasteiger partial charge in [-0.15, -0.1) is 0 Å². The van der Waals surface area contributed by atoms with Gasteiger partial charge in [0.15, 0.2) is 0 Å². The molecule has 0 saturated heterocycles. The molecule has 0 bridgehead atoms. The summed E-state index contributed by atoms with van der Waals surface area (Å²) in [4.78, 5) is 8.57. The number of carbonyl (C=O) groups excluding carboxylic acids is 1. The Labute approximate surface area is 187 Å². The van der Waals surface area contributed by atoms with Crippen molar-refractivity contribution < 1.29 is 4.79 Å². The Morgan fingerprint density at radius 3 is 2.27 bits per heavy atom. The fourth-order valence-electron chi connectivity index (χ4n) is 9.32. The van der Waals surface area contributed by atoms with Crippen LogP contribution in [0, 0.1) is 52.3 Å². The van der Waals surface area contributed by atoms with E-state index in [1.165, 1.54) is 38.0 Å². The van der Waals surface area contributed by atoms with Crippen LogP contribution < -0.4 is 0 Å². The van der Waals surface area contributed by atoms with Gasteiger partial charge in [-0.1, -0.05) is 66.7 Å². The Morgan fingerprint density at radius 2 is 1.57 bits per heavy atom. The van der Waals surface area contributed by atoms with Gasteiger partial charge in [-0.25, -0.2) is 4.79 Å². The van der Waals surface area contributed by atoms with E-state index in [0.29, 0.717) is 10.8 Å². The van der Waals surface area contributed by atoms with Crippen LogP contribution >= 0.6 is 0 Å². The lowest BCUT2D eigenvalue weighted by molar-refractivity contribution is -0.114. The molecule has 0 heterocycles. The number of rotatable bonds is 5. The van der Waals surface area contributed by atoms with Crippen LogP contribution in [-0.2, 0) is 4.79 Å². The largest absolute Gasteiger partial charge is 0.234 e. The Kier molecular flexibility index (Phi) is 7.98. The maximum absolute atomic E-state index is 8.57. The van der Waals surface area contributed by atoms with E-state index in [-0.39, 0.29) is 0 Å². The van der Waals surface area contributed by atoms with Crippen molar-refractivity contribution in [1.82, 2.24) is 0 Å². The quantitative estimate of drug-likeness (QED) is 0.412. The van der Waals surface area contributed by atoms with Crippen LogP contribution in [0.5, 0.6) is 0 Å². The summed E-state index contributed by atoms with van der Waals surface area (Å²) >= 11 is 0. The van der Waals surface area contributed by atoms with Crippen LogP contribution in [0.3, 0.4) is 0 Å². The molecule has 8 atom stereocenters. The summed E-state index contributed by atoms with van der Waals surface area (Å²) in [5.41, 5.74) is 1.39. The number of hydrogen-bond donors (Lipinski definition) is 0. The molecule has 4 aliphatic rings. The average molecular weight is 415 g/mol. The van der Waals surface area contributed by atoms with Gasteiger partial charge in [0.25, 0.3) is 0 Å². The lowest BCUT2D eigenvalue weighted by atomic mass is 9.44. The first-order valence-corrected chi connectivity index (χ1v) is 13.4. The molecule has 0 aromatic carbocycles. The highest BCUT2D eigenvalue weighted by molar-refractivity contribution is 5.38. The predicted octanol–water partition coefficient (Wildman–Crippen LogP) is 8.50. The molecule has 0 aliphatic heterocycles. The van der Waals surface area contributed by atoms with Crippen molar-refractivity contribution in [1.29, 1.82) is 0 Å². The molecule has 0 aromatic rings. The zero-order chi connectivity index (χ0) is 21.9. The summed E-state index contributed by atoms with van der Waals surface area (Å²) in [6.45, 7) is 15.6. The lowest BCUT2D eigenvalue weighted by Crippen LogP contribution is -2.53. The normalized spacial score (nSPS) is 43.5. The molecule has 1 nitrogen and oxygen atoms in total. The molecule has 0 spiro atoms. The van der Waals surface area contributed by atoms with Crippen molar-refractivity contribution in [2.24, 2.45) is 52.3 Å². The molecule has 0 amide bonds. The highest BCUT2D eigenvalue weighted by Gasteiger charge is 2.59. The SMILES string of the molecule is C=C=O.CC(C)CCCC(C)[C@H]1CC[C@H]2[C@@H]3CCC4CCCC[C@]4(C)[C@H]3CC[C@]12C. The minimum Gasteiger partial charge on any atom is -0.234 e. The summed E-state index contributed by atoms with van der Waals surface area (Å²) in [6, 6.07) is 0. The molecule has 4 saturated carbocycles. The minimum absolute atomic E-state index is 0.677. The van der Waals surface area contributed by atoms with Crippen molar-refractivity contribution in [3.63, 3.8) is 0 Å². The zero-order valence-electron chi connectivity index (χ0n) is 20.8. The summed E-state index contributed by atoms with van der Waals surface area (Å²) in [5, 5.41) is 0. The second-order valence-electron chi connectivity index (χ2n) is 12.6.